The molecule has 0 bridgehead atoms. The normalized spacial score (nSPS) is 16.5. The van der Waals surface area contributed by atoms with Crippen LogP contribution in [0.3, 0.4) is 0 Å². The van der Waals surface area contributed by atoms with Crippen LogP contribution >= 0.6 is 0 Å². The van der Waals surface area contributed by atoms with Gasteiger partial charge in [-0.05, 0) is 56.7 Å². The molecule has 0 amide bonds. The molecule has 22 heavy (non-hydrogen) atoms. The minimum atomic E-state index is -0.309. The van der Waals surface area contributed by atoms with Gasteiger partial charge in [0.15, 0.2) is 0 Å². The molecule has 1 aliphatic rings. The summed E-state index contributed by atoms with van der Waals surface area (Å²) in [4.78, 5) is 2.51. The van der Waals surface area contributed by atoms with Crippen LogP contribution in [0.2, 0.25) is 0 Å². The number of likely N-dealkylation sites (tertiary alicyclic amines) is 1. The first-order chi connectivity index (χ1) is 10.4. The average Bonchev–Trinajstić information content (AvgIpc) is 2.98. The lowest BCUT2D eigenvalue weighted by Gasteiger charge is -2.32. The third-order valence-electron chi connectivity index (χ3n) is 4.84. The number of rotatable bonds is 7. The van der Waals surface area contributed by atoms with Crippen molar-refractivity contribution < 1.29 is 9.31 Å². The fraction of sp³-hybridized carbons (Fsp3) is 0.667. The molecule has 1 saturated heterocycles. The molecule has 1 aromatic rings. The molecule has 4 heteroatoms. The fourth-order valence-electron chi connectivity index (χ4n) is 2.70. The Balaban J connectivity index is 2.08. The summed E-state index contributed by atoms with van der Waals surface area (Å²) in [6.45, 7) is 12.1. The SMILES string of the molecule is COB(OC(C)(C)C(C)C)c1cccc(CN2CCCC2)c1. The van der Waals surface area contributed by atoms with Crippen molar-refractivity contribution in [3.63, 3.8) is 0 Å². The largest absolute Gasteiger partial charge is 0.494 e. The van der Waals surface area contributed by atoms with Crippen LogP contribution in [0.5, 0.6) is 0 Å². The summed E-state index contributed by atoms with van der Waals surface area (Å²) in [5.74, 6) is 0.429. The Morgan fingerprint density at radius 3 is 2.50 bits per heavy atom. The van der Waals surface area contributed by atoms with Gasteiger partial charge in [0.05, 0.1) is 5.60 Å². The highest BCUT2D eigenvalue weighted by atomic mass is 16.6. The molecule has 0 saturated carbocycles. The lowest BCUT2D eigenvalue weighted by molar-refractivity contribution is 0.0371. The molecule has 1 heterocycles. The van der Waals surface area contributed by atoms with E-state index in [-0.39, 0.29) is 12.7 Å². The van der Waals surface area contributed by atoms with Gasteiger partial charge in [-0.2, -0.15) is 0 Å². The van der Waals surface area contributed by atoms with Crippen molar-refractivity contribution in [2.24, 2.45) is 5.92 Å². The lowest BCUT2D eigenvalue weighted by atomic mass is 9.76. The molecule has 1 aromatic carbocycles. The predicted octanol–water partition coefficient (Wildman–Crippen LogP) is 3.08. The summed E-state index contributed by atoms with van der Waals surface area (Å²) in [6, 6.07) is 8.63. The van der Waals surface area contributed by atoms with Crippen molar-refractivity contribution in [2.45, 2.75) is 52.7 Å². The summed E-state index contributed by atoms with van der Waals surface area (Å²) < 4.78 is 11.8. The van der Waals surface area contributed by atoms with Crippen molar-refractivity contribution in [3.8, 4) is 0 Å². The quantitative estimate of drug-likeness (QED) is 0.723. The molecule has 1 aliphatic heterocycles. The zero-order valence-corrected chi connectivity index (χ0v) is 14.8. The molecule has 0 radical (unpaired) electrons. The number of nitrogens with zero attached hydrogens (tertiary/aromatic N) is 1. The standard InChI is InChI=1S/C18H30BNO2/c1-15(2)18(3,4)22-19(21-5)17-10-8-9-16(13-17)14-20-11-6-7-12-20/h8-10,13,15H,6-7,11-12,14H2,1-5H3. The molecule has 3 nitrogen and oxygen atoms in total. The molecule has 0 aliphatic carbocycles. The molecule has 122 valence electrons. The first-order valence-electron chi connectivity index (χ1n) is 8.44. The Hall–Kier alpha value is -0.835. The molecule has 0 spiro atoms. The van der Waals surface area contributed by atoms with Crippen molar-refractivity contribution in [2.75, 3.05) is 20.2 Å². The second-order valence-electron chi connectivity index (χ2n) is 7.17. The number of hydrogen-bond donors (Lipinski definition) is 0. The first-order valence-corrected chi connectivity index (χ1v) is 8.44. The van der Waals surface area contributed by atoms with E-state index in [4.69, 9.17) is 9.31 Å². The summed E-state index contributed by atoms with van der Waals surface area (Å²) in [6.07, 6.45) is 2.65. The van der Waals surface area contributed by atoms with Gasteiger partial charge in [-0.3, -0.25) is 4.90 Å². The highest BCUT2D eigenvalue weighted by Crippen LogP contribution is 2.21. The maximum absolute atomic E-state index is 6.22. The van der Waals surface area contributed by atoms with Crippen LogP contribution in [0.4, 0.5) is 0 Å². The van der Waals surface area contributed by atoms with E-state index in [1.54, 1.807) is 7.11 Å². The molecule has 0 unspecified atom stereocenters. The topological polar surface area (TPSA) is 21.7 Å². The van der Waals surface area contributed by atoms with E-state index in [0.717, 1.165) is 12.0 Å². The second-order valence-corrected chi connectivity index (χ2v) is 7.17. The van der Waals surface area contributed by atoms with Crippen LogP contribution in [0, 0.1) is 5.92 Å². The van der Waals surface area contributed by atoms with Gasteiger partial charge in [0.25, 0.3) is 0 Å². The minimum Gasteiger partial charge on any atom is -0.410 e. The van der Waals surface area contributed by atoms with E-state index in [1.165, 1.54) is 31.5 Å². The van der Waals surface area contributed by atoms with Gasteiger partial charge in [-0.1, -0.05) is 38.1 Å². The molecular formula is C18H30BNO2. The van der Waals surface area contributed by atoms with Gasteiger partial charge in [-0.25, -0.2) is 0 Å². The van der Waals surface area contributed by atoms with Gasteiger partial charge < -0.3 is 9.31 Å². The van der Waals surface area contributed by atoms with Crippen LogP contribution < -0.4 is 5.46 Å². The zero-order valence-electron chi connectivity index (χ0n) is 14.8. The highest BCUT2D eigenvalue weighted by molar-refractivity contribution is 6.61. The van der Waals surface area contributed by atoms with Crippen molar-refractivity contribution in [1.82, 2.24) is 4.90 Å². The van der Waals surface area contributed by atoms with Gasteiger partial charge in [0.2, 0.25) is 0 Å². The Morgan fingerprint density at radius 1 is 1.23 bits per heavy atom. The van der Waals surface area contributed by atoms with E-state index in [2.05, 4.69) is 56.9 Å². The number of benzene rings is 1. The molecule has 0 aromatic heterocycles. The van der Waals surface area contributed by atoms with Gasteiger partial charge >= 0.3 is 7.12 Å². The smallest absolute Gasteiger partial charge is 0.410 e. The Kier molecular flexibility index (Phi) is 6.07. The Bertz CT molecular complexity index is 470. The summed E-state index contributed by atoms with van der Waals surface area (Å²) >= 11 is 0. The van der Waals surface area contributed by atoms with E-state index in [9.17, 15) is 0 Å². The van der Waals surface area contributed by atoms with E-state index in [1.807, 2.05) is 0 Å². The molecule has 0 N–H and O–H groups in total. The maximum atomic E-state index is 6.22. The van der Waals surface area contributed by atoms with Crippen LogP contribution in [0.25, 0.3) is 0 Å². The Labute approximate surface area is 136 Å². The van der Waals surface area contributed by atoms with Crippen LogP contribution in [-0.2, 0) is 15.9 Å². The van der Waals surface area contributed by atoms with E-state index < -0.39 is 0 Å². The molecule has 1 fully saturated rings. The minimum absolute atomic E-state index is 0.217. The van der Waals surface area contributed by atoms with Crippen molar-refractivity contribution in [1.29, 1.82) is 0 Å². The maximum Gasteiger partial charge on any atom is 0.494 e. The fourth-order valence-corrected chi connectivity index (χ4v) is 2.70. The third kappa shape index (κ3) is 4.58. The van der Waals surface area contributed by atoms with Gasteiger partial charge in [-0.15, -0.1) is 0 Å². The van der Waals surface area contributed by atoms with Gasteiger partial charge in [0, 0.05) is 13.7 Å². The van der Waals surface area contributed by atoms with E-state index in [0.29, 0.717) is 5.92 Å². The summed E-state index contributed by atoms with van der Waals surface area (Å²) in [5.41, 5.74) is 2.23. The summed E-state index contributed by atoms with van der Waals surface area (Å²) in [5, 5.41) is 0. The zero-order chi connectivity index (χ0) is 16.2. The predicted molar refractivity (Wildman–Crippen MR) is 93.4 cm³/mol. The van der Waals surface area contributed by atoms with Gasteiger partial charge in [0.1, 0.15) is 0 Å². The summed E-state index contributed by atoms with van der Waals surface area (Å²) in [7, 11) is 1.41. The molecular weight excluding hydrogens is 273 g/mol. The van der Waals surface area contributed by atoms with E-state index >= 15 is 0 Å². The highest BCUT2D eigenvalue weighted by Gasteiger charge is 2.31. The molecule has 2 rings (SSSR count). The van der Waals surface area contributed by atoms with Crippen molar-refractivity contribution >= 4 is 12.6 Å². The average molecular weight is 303 g/mol. The van der Waals surface area contributed by atoms with Crippen molar-refractivity contribution in [3.05, 3.63) is 29.8 Å². The first kappa shape index (κ1) is 17.5. The lowest BCUT2D eigenvalue weighted by Crippen LogP contribution is -2.45. The van der Waals surface area contributed by atoms with Crippen LogP contribution in [0.15, 0.2) is 24.3 Å². The number of hydrogen-bond acceptors (Lipinski definition) is 3. The third-order valence-corrected chi connectivity index (χ3v) is 4.84. The van der Waals surface area contributed by atoms with Crippen LogP contribution in [0.1, 0.15) is 46.1 Å². The van der Waals surface area contributed by atoms with Crippen LogP contribution in [-0.4, -0.2) is 37.8 Å². The second kappa shape index (κ2) is 7.63. The molecule has 0 atom stereocenters. The Morgan fingerprint density at radius 2 is 1.91 bits per heavy atom. The monoisotopic (exact) mass is 303 g/mol.